The summed E-state index contributed by atoms with van der Waals surface area (Å²) in [7, 11) is -1.05. The van der Waals surface area contributed by atoms with Crippen LogP contribution >= 0.6 is 0 Å². The highest BCUT2D eigenvalue weighted by molar-refractivity contribution is 7.90. The molecule has 19 heavy (non-hydrogen) atoms. The van der Waals surface area contributed by atoms with Crippen LogP contribution in [0.25, 0.3) is 0 Å². The molecule has 0 radical (unpaired) electrons. The molecular formula is C15H23NO2S. The molecule has 1 atom stereocenters. The molecule has 1 aromatic carbocycles. The van der Waals surface area contributed by atoms with E-state index < -0.39 is 9.84 Å². The number of likely N-dealkylation sites (N-methyl/N-ethyl adjacent to an activating group) is 1. The van der Waals surface area contributed by atoms with E-state index in [1.165, 1.54) is 11.8 Å². The number of sulfone groups is 1. The quantitative estimate of drug-likeness (QED) is 0.778. The average Bonchev–Trinajstić information content (AvgIpc) is 2.34. The van der Waals surface area contributed by atoms with Gasteiger partial charge in [0.2, 0.25) is 0 Å². The van der Waals surface area contributed by atoms with Crippen molar-refractivity contribution in [1.82, 2.24) is 4.90 Å². The van der Waals surface area contributed by atoms with E-state index in [2.05, 4.69) is 38.8 Å². The number of hydrogen-bond acceptors (Lipinski definition) is 3. The first kappa shape index (κ1) is 15.9. The smallest absolute Gasteiger partial charge is 0.175 e. The SMILES string of the molecule is CC(C)=CCN(C)C(C)c1ccc(S(C)(=O)=O)cc1. The summed E-state index contributed by atoms with van der Waals surface area (Å²) in [5.74, 6) is 0. The minimum Gasteiger partial charge on any atom is -0.296 e. The monoisotopic (exact) mass is 281 g/mol. The maximum atomic E-state index is 11.4. The Bertz CT molecular complexity index is 540. The molecule has 0 amide bonds. The van der Waals surface area contributed by atoms with E-state index in [4.69, 9.17) is 0 Å². The fourth-order valence-corrected chi connectivity index (χ4v) is 2.36. The van der Waals surface area contributed by atoms with Crippen molar-refractivity contribution in [3.8, 4) is 0 Å². The van der Waals surface area contributed by atoms with E-state index in [9.17, 15) is 8.42 Å². The van der Waals surface area contributed by atoms with Gasteiger partial charge in [-0.05, 0) is 45.5 Å². The van der Waals surface area contributed by atoms with Gasteiger partial charge in [0.1, 0.15) is 0 Å². The van der Waals surface area contributed by atoms with Gasteiger partial charge in [-0.3, -0.25) is 4.90 Å². The third-order valence-electron chi connectivity index (χ3n) is 3.24. The predicted molar refractivity (Wildman–Crippen MR) is 80.0 cm³/mol. The molecule has 1 rings (SSSR count). The summed E-state index contributed by atoms with van der Waals surface area (Å²) in [5, 5.41) is 0. The average molecular weight is 281 g/mol. The van der Waals surface area contributed by atoms with Crippen LogP contribution in [0.1, 0.15) is 32.4 Å². The lowest BCUT2D eigenvalue weighted by atomic mass is 10.1. The van der Waals surface area contributed by atoms with E-state index in [0.717, 1.165) is 12.1 Å². The second-order valence-corrected chi connectivity index (χ2v) is 7.25. The minimum absolute atomic E-state index is 0.254. The third kappa shape index (κ3) is 4.80. The third-order valence-corrected chi connectivity index (χ3v) is 4.37. The Morgan fingerprint density at radius 2 is 1.79 bits per heavy atom. The molecule has 0 heterocycles. The van der Waals surface area contributed by atoms with Crippen LogP contribution in [-0.2, 0) is 9.84 Å². The Hall–Kier alpha value is -1.13. The van der Waals surface area contributed by atoms with Crippen molar-refractivity contribution in [2.75, 3.05) is 19.8 Å². The summed E-state index contributed by atoms with van der Waals surface area (Å²) in [5.41, 5.74) is 2.42. The normalized spacial score (nSPS) is 13.4. The van der Waals surface area contributed by atoms with E-state index in [0.29, 0.717) is 4.90 Å². The largest absolute Gasteiger partial charge is 0.296 e. The van der Waals surface area contributed by atoms with Gasteiger partial charge in [-0.2, -0.15) is 0 Å². The molecule has 0 aliphatic rings. The summed E-state index contributed by atoms with van der Waals surface area (Å²) < 4.78 is 22.8. The summed E-state index contributed by atoms with van der Waals surface area (Å²) >= 11 is 0. The minimum atomic E-state index is -3.11. The van der Waals surface area contributed by atoms with Crippen LogP contribution in [0.5, 0.6) is 0 Å². The van der Waals surface area contributed by atoms with Gasteiger partial charge < -0.3 is 0 Å². The Morgan fingerprint density at radius 3 is 2.21 bits per heavy atom. The lowest BCUT2D eigenvalue weighted by Crippen LogP contribution is -2.22. The standard InChI is InChI=1S/C15H23NO2S/c1-12(2)10-11-16(4)13(3)14-6-8-15(9-7-14)19(5,17)18/h6-10,13H,11H2,1-5H3. The van der Waals surface area contributed by atoms with Crippen LogP contribution < -0.4 is 0 Å². The number of nitrogens with zero attached hydrogens (tertiary/aromatic N) is 1. The van der Waals surface area contributed by atoms with Crippen molar-refractivity contribution >= 4 is 9.84 Å². The van der Waals surface area contributed by atoms with Gasteiger partial charge in [-0.1, -0.05) is 23.8 Å². The van der Waals surface area contributed by atoms with Gasteiger partial charge in [0.15, 0.2) is 9.84 Å². The van der Waals surface area contributed by atoms with Gasteiger partial charge in [-0.25, -0.2) is 8.42 Å². The van der Waals surface area contributed by atoms with Gasteiger partial charge in [0, 0.05) is 18.8 Å². The van der Waals surface area contributed by atoms with Gasteiger partial charge >= 0.3 is 0 Å². The second kappa shape index (κ2) is 6.35. The molecule has 3 nitrogen and oxygen atoms in total. The van der Waals surface area contributed by atoms with Crippen LogP contribution in [0.4, 0.5) is 0 Å². The molecule has 1 unspecified atom stereocenters. The maximum Gasteiger partial charge on any atom is 0.175 e. The fraction of sp³-hybridized carbons (Fsp3) is 0.467. The molecule has 0 N–H and O–H groups in total. The Morgan fingerprint density at radius 1 is 1.26 bits per heavy atom. The van der Waals surface area contributed by atoms with E-state index in [-0.39, 0.29) is 6.04 Å². The zero-order valence-corrected chi connectivity index (χ0v) is 13.2. The van der Waals surface area contributed by atoms with Crippen LogP contribution in [0.2, 0.25) is 0 Å². The van der Waals surface area contributed by atoms with Crippen LogP contribution in [0.3, 0.4) is 0 Å². The molecule has 4 heteroatoms. The lowest BCUT2D eigenvalue weighted by molar-refractivity contribution is 0.289. The molecule has 1 aromatic rings. The molecule has 0 fully saturated rings. The Balaban J connectivity index is 2.83. The summed E-state index contributed by atoms with van der Waals surface area (Å²) in [6.45, 7) is 7.17. The Kier molecular flexibility index (Phi) is 5.32. The zero-order chi connectivity index (χ0) is 14.6. The van der Waals surface area contributed by atoms with Crippen molar-refractivity contribution < 1.29 is 8.42 Å². The molecule has 106 valence electrons. The summed E-state index contributed by atoms with van der Waals surface area (Å²) in [6.07, 6.45) is 3.41. The molecule has 0 aromatic heterocycles. The van der Waals surface area contributed by atoms with Gasteiger partial charge in [0.05, 0.1) is 4.90 Å². The van der Waals surface area contributed by atoms with Crippen molar-refractivity contribution in [1.29, 1.82) is 0 Å². The molecule has 0 spiro atoms. The number of rotatable bonds is 5. The molecule has 0 bridgehead atoms. The van der Waals surface area contributed by atoms with Crippen molar-refractivity contribution in [3.63, 3.8) is 0 Å². The first-order valence-electron chi connectivity index (χ1n) is 6.35. The summed E-state index contributed by atoms with van der Waals surface area (Å²) in [4.78, 5) is 2.60. The first-order valence-corrected chi connectivity index (χ1v) is 8.24. The number of hydrogen-bond donors (Lipinski definition) is 0. The lowest BCUT2D eigenvalue weighted by Gasteiger charge is -2.24. The highest BCUT2D eigenvalue weighted by Crippen LogP contribution is 2.20. The molecule has 0 saturated heterocycles. The fourth-order valence-electron chi connectivity index (χ4n) is 1.73. The molecule has 0 saturated carbocycles. The van der Waals surface area contributed by atoms with Crippen molar-refractivity contribution in [2.45, 2.75) is 31.7 Å². The molecular weight excluding hydrogens is 258 g/mol. The van der Waals surface area contributed by atoms with Gasteiger partial charge in [-0.15, -0.1) is 0 Å². The number of allylic oxidation sites excluding steroid dienone is 1. The highest BCUT2D eigenvalue weighted by atomic mass is 32.2. The molecule has 0 aliphatic carbocycles. The van der Waals surface area contributed by atoms with Crippen molar-refractivity contribution in [2.24, 2.45) is 0 Å². The van der Waals surface area contributed by atoms with Crippen LogP contribution in [-0.4, -0.2) is 33.2 Å². The summed E-state index contributed by atoms with van der Waals surface area (Å²) in [6, 6.07) is 7.38. The molecule has 0 aliphatic heterocycles. The predicted octanol–water partition coefficient (Wildman–Crippen LogP) is 3.05. The maximum absolute atomic E-state index is 11.4. The van der Waals surface area contributed by atoms with Crippen LogP contribution in [0.15, 0.2) is 40.8 Å². The Labute approximate surface area is 116 Å². The van der Waals surface area contributed by atoms with Crippen LogP contribution in [0, 0.1) is 0 Å². The van der Waals surface area contributed by atoms with E-state index >= 15 is 0 Å². The zero-order valence-electron chi connectivity index (χ0n) is 12.3. The number of benzene rings is 1. The van der Waals surface area contributed by atoms with E-state index in [1.807, 2.05) is 12.1 Å². The second-order valence-electron chi connectivity index (χ2n) is 5.24. The van der Waals surface area contributed by atoms with E-state index in [1.54, 1.807) is 12.1 Å². The highest BCUT2D eigenvalue weighted by Gasteiger charge is 2.12. The topological polar surface area (TPSA) is 37.4 Å². The van der Waals surface area contributed by atoms with Crippen molar-refractivity contribution in [3.05, 3.63) is 41.5 Å². The van der Waals surface area contributed by atoms with Gasteiger partial charge in [0.25, 0.3) is 0 Å². The first-order chi connectivity index (χ1) is 8.71.